The van der Waals surface area contributed by atoms with E-state index in [1.165, 1.54) is 22.3 Å². The minimum atomic E-state index is -0.173. The van der Waals surface area contributed by atoms with E-state index in [9.17, 15) is 5.26 Å². The summed E-state index contributed by atoms with van der Waals surface area (Å²) in [4.78, 5) is 13.2. The zero-order valence-electron chi connectivity index (χ0n) is 21.5. The summed E-state index contributed by atoms with van der Waals surface area (Å²) >= 11 is 0. The summed E-state index contributed by atoms with van der Waals surface area (Å²) < 4.78 is 0. The van der Waals surface area contributed by atoms with Gasteiger partial charge < -0.3 is 0 Å². The van der Waals surface area contributed by atoms with Crippen molar-refractivity contribution >= 4 is 27.2 Å². The van der Waals surface area contributed by atoms with Gasteiger partial charge in [0.05, 0.1) is 29.6 Å². The van der Waals surface area contributed by atoms with Crippen LogP contribution < -0.4 is 0 Å². The summed E-state index contributed by atoms with van der Waals surface area (Å²) in [5, 5.41) is 13.8. The van der Waals surface area contributed by atoms with Crippen molar-refractivity contribution in [3.63, 3.8) is 0 Å². The van der Waals surface area contributed by atoms with E-state index in [0.29, 0.717) is 11.3 Å². The molecule has 182 valence electrons. The van der Waals surface area contributed by atoms with Crippen LogP contribution >= 0.6 is 0 Å². The largest absolute Gasteiger partial charge is 0.259 e. The van der Waals surface area contributed by atoms with Gasteiger partial charge in [-0.1, -0.05) is 62.4 Å². The number of aromatic nitrogens is 2. The van der Waals surface area contributed by atoms with Crippen molar-refractivity contribution in [2.45, 2.75) is 19.3 Å². The zero-order valence-corrected chi connectivity index (χ0v) is 21.5. The Bertz CT molecular complexity index is 2070. The average Bonchev–Trinajstić information content (AvgIpc) is 3.20. The molecule has 1 aliphatic carbocycles. The molecule has 0 bridgehead atoms. The van der Waals surface area contributed by atoms with E-state index in [-0.39, 0.29) is 5.41 Å². The lowest BCUT2D eigenvalue weighted by atomic mass is 9.80. The Balaban J connectivity index is 1.71. The highest BCUT2D eigenvalue weighted by atomic mass is 14.7. The van der Waals surface area contributed by atoms with Crippen LogP contribution in [-0.2, 0) is 5.41 Å². The third-order valence-electron chi connectivity index (χ3n) is 8.00. The van der Waals surface area contributed by atoms with Gasteiger partial charge in [0.1, 0.15) is 0 Å². The van der Waals surface area contributed by atoms with E-state index in [0.717, 1.165) is 44.1 Å². The van der Waals surface area contributed by atoms with Crippen molar-refractivity contribution in [1.29, 1.82) is 5.26 Å². The lowest BCUT2D eigenvalue weighted by Crippen LogP contribution is -2.14. The van der Waals surface area contributed by atoms with Crippen LogP contribution in [0.5, 0.6) is 0 Å². The number of rotatable bonds is 2. The summed E-state index contributed by atoms with van der Waals surface area (Å²) in [7, 11) is 0. The fourth-order valence-electron chi connectivity index (χ4n) is 6.19. The van der Waals surface area contributed by atoms with E-state index in [4.69, 9.17) is 16.5 Å². The van der Waals surface area contributed by atoms with Crippen LogP contribution in [0.1, 0.15) is 30.5 Å². The Kier molecular flexibility index (Phi) is 4.89. The maximum atomic E-state index is 9.66. The highest BCUT2D eigenvalue weighted by Gasteiger charge is 2.36. The van der Waals surface area contributed by atoms with E-state index in [1.54, 1.807) is 24.5 Å². The van der Waals surface area contributed by atoms with Gasteiger partial charge in [-0.3, -0.25) is 9.97 Å². The quantitative estimate of drug-likeness (QED) is 0.177. The first-order valence-electron chi connectivity index (χ1n) is 12.8. The van der Waals surface area contributed by atoms with E-state index in [1.807, 2.05) is 24.3 Å². The Hall–Kier alpha value is -5.32. The predicted molar refractivity (Wildman–Crippen MR) is 156 cm³/mol. The van der Waals surface area contributed by atoms with Crippen molar-refractivity contribution < 1.29 is 0 Å². The van der Waals surface area contributed by atoms with Crippen molar-refractivity contribution in [1.82, 2.24) is 9.97 Å². The van der Waals surface area contributed by atoms with Gasteiger partial charge in [0.25, 0.3) is 0 Å². The van der Waals surface area contributed by atoms with Gasteiger partial charge in [0.2, 0.25) is 0 Å². The molecular formula is C35H22N4. The average molecular weight is 499 g/mol. The van der Waals surface area contributed by atoms with Crippen LogP contribution in [0.25, 0.3) is 60.0 Å². The molecule has 0 spiro atoms. The molecule has 4 heteroatoms. The lowest BCUT2D eigenvalue weighted by Gasteiger charge is -2.23. The highest BCUT2D eigenvalue weighted by Crippen LogP contribution is 2.52. The van der Waals surface area contributed by atoms with Crippen LogP contribution in [0.2, 0.25) is 0 Å². The molecule has 0 fully saturated rings. The Morgan fingerprint density at radius 1 is 0.692 bits per heavy atom. The molecule has 39 heavy (non-hydrogen) atoms. The molecule has 4 aromatic carbocycles. The van der Waals surface area contributed by atoms with Crippen LogP contribution in [0.4, 0.5) is 5.69 Å². The predicted octanol–water partition coefficient (Wildman–Crippen LogP) is 8.85. The van der Waals surface area contributed by atoms with Crippen molar-refractivity contribution in [2.24, 2.45) is 0 Å². The third-order valence-corrected chi connectivity index (χ3v) is 8.00. The monoisotopic (exact) mass is 498 g/mol. The molecule has 0 saturated carbocycles. The lowest BCUT2D eigenvalue weighted by molar-refractivity contribution is 0.661. The Morgan fingerprint density at radius 2 is 1.33 bits per heavy atom. The van der Waals surface area contributed by atoms with Gasteiger partial charge in [-0.2, -0.15) is 5.26 Å². The number of nitrogens with zero attached hydrogens (tertiary/aromatic N) is 4. The molecule has 0 saturated heterocycles. The van der Waals surface area contributed by atoms with E-state index in [2.05, 4.69) is 73.3 Å². The Morgan fingerprint density at radius 3 is 2.05 bits per heavy atom. The van der Waals surface area contributed by atoms with Gasteiger partial charge in [-0.15, -0.1) is 0 Å². The van der Waals surface area contributed by atoms with Crippen LogP contribution in [0.3, 0.4) is 0 Å². The third kappa shape index (κ3) is 3.29. The van der Waals surface area contributed by atoms with Crippen molar-refractivity contribution in [3.05, 3.63) is 125 Å². The molecule has 0 aliphatic heterocycles. The molecule has 1 aliphatic rings. The summed E-state index contributed by atoms with van der Waals surface area (Å²) in [6.45, 7) is 12.2. The minimum absolute atomic E-state index is 0.173. The van der Waals surface area contributed by atoms with Gasteiger partial charge in [0.15, 0.2) is 5.69 Å². The number of hydrogen-bond donors (Lipinski definition) is 0. The smallest absolute Gasteiger partial charge is 0.190 e. The van der Waals surface area contributed by atoms with Crippen LogP contribution in [-0.4, -0.2) is 9.97 Å². The number of nitriles is 1. The number of hydrogen-bond acceptors (Lipinski definition) is 3. The topological polar surface area (TPSA) is 53.9 Å². The molecule has 7 rings (SSSR count). The van der Waals surface area contributed by atoms with Crippen LogP contribution in [0, 0.1) is 17.9 Å². The first kappa shape index (κ1) is 22.8. The number of pyridine rings is 2. The SMILES string of the molecule is [C-]#[N+]c1ccnc(-c2c3ccccc3c(-c3cc(C#N)ccn3)c3cc4c(cc23)-c2ccccc2C4(C)C)c1. The molecule has 6 aromatic rings. The molecule has 0 N–H and O–H groups in total. The molecule has 4 nitrogen and oxygen atoms in total. The zero-order chi connectivity index (χ0) is 26.7. The highest BCUT2D eigenvalue weighted by molar-refractivity contribution is 6.22. The second-order valence-corrected chi connectivity index (χ2v) is 10.5. The molecular weight excluding hydrogens is 476 g/mol. The minimum Gasteiger partial charge on any atom is -0.259 e. The standard InChI is InChI=1S/C35H22N4/c1-35(2)29-11-7-6-8-23(29)26-18-27-28(19-30(26)35)34(31-16-21(20-36)12-14-38-31)25-10-5-4-9-24(25)33(27)32-17-22(37-3)13-15-39-32/h4-19H,1-2H3. The fraction of sp³-hybridized carbons (Fsp3) is 0.0857. The molecule has 0 unspecified atom stereocenters. The maximum absolute atomic E-state index is 9.66. The molecule has 0 amide bonds. The molecule has 0 atom stereocenters. The van der Waals surface area contributed by atoms with Crippen LogP contribution in [0.15, 0.2) is 97.3 Å². The molecule has 2 heterocycles. The summed E-state index contributed by atoms with van der Waals surface area (Å²) in [5.41, 5.74) is 9.50. The summed E-state index contributed by atoms with van der Waals surface area (Å²) in [6.07, 6.45) is 3.41. The van der Waals surface area contributed by atoms with Gasteiger partial charge in [0, 0.05) is 28.9 Å². The first-order chi connectivity index (χ1) is 19.0. The van der Waals surface area contributed by atoms with Gasteiger partial charge >= 0.3 is 0 Å². The van der Waals surface area contributed by atoms with Gasteiger partial charge in [-0.05, 0) is 80.2 Å². The first-order valence-corrected chi connectivity index (χ1v) is 12.8. The number of fused-ring (bicyclic) bond motifs is 5. The van der Waals surface area contributed by atoms with Crippen molar-refractivity contribution in [2.75, 3.05) is 0 Å². The second kappa shape index (κ2) is 8.35. The fourth-order valence-corrected chi connectivity index (χ4v) is 6.19. The number of benzene rings is 4. The summed E-state index contributed by atoms with van der Waals surface area (Å²) in [5.74, 6) is 0. The van der Waals surface area contributed by atoms with Crippen molar-refractivity contribution in [3.8, 4) is 39.7 Å². The van der Waals surface area contributed by atoms with E-state index >= 15 is 0 Å². The molecule has 2 aromatic heterocycles. The molecule has 0 radical (unpaired) electrons. The Labute approximate surface area is 226 Å². The second-order valence-electron chi connectivity index (χ2n) is 10.5. The van der Waals surface area contributed by atoms with E-state index < -0.39 is 0 Å². The van der Waals surface area contributed by atoms with Gasteiger partial charge in [-0.25, -0.2) is 4.85 Å². The summed E-state index contributed by atoms with van der Waals surface area (Å²) in [6, 6.07) is 31.0. The maximum Gasteiger partial charge on any atom is 0.190 e. The normalized spacial score (nSPS) is 13.0.